The van der Waals surface area contributed by atoms with Crippen LogP contribution in [0.1, 0.15) is 88.2 Å². The zero-order valence-electron chi connectivity index (χ0n) is 20.4. The lowest BCUT2D eigenvalue weighted by molar-refractivity contribution is -0.139. The molecule has 0 unspecified atom stereocenters. The Morgan fingerprint density at radius 1 is 1.09 bits per heavy atom. The highest BCUT2D eigenvalue weighted by molar-refractivity contribution is 7.18. The second-order valence-corrected chi connectivity index (χ2v) is 11.0. The van der Waals surface area contributed by atoms with E-state index in [1.165, 1.54) is 16.7 Å². The number of nitrogens with one attached hydrogen (secondary N) is 2. The van der Waals surface area contributed by atoms with Crippen molar-refractivity contribution in [3.8, 4) is 0 Å². The van der Waals surface area contributed by atoms with Gasteiger partial charge in [0.15, 0.2) is 0 Å². The van der Waals surface area contributed by atoms with Gasteiger partial charge in [-0.2, -0.15) is 0 Å². The van der Waals surface area contributed by atoms with Crippen LogP contribution in [0.15, 0.2) is 18.2 Å². The number of nitrogens with zero attached hydrogens (tertiary/aromatic N) is 2. The standard InChI is InChI=1S/C26H38N4O2S/c1-16(2)19-12-8-14-21-23(19)29-25(33-21)20-13-9-15-30(20)26(32)22(18-10-6-5-7-11-18)28-24(31)17(3)27-4/h8,12,14,16-18,20,22,27H,5-7,9-11,13,15H2,1-4H3,(H,28,31)/t17-,20+,22-/m0/s1. The summed E-state index contributed by atoms with van der Waals surface area (Å²) in [5.41, 5.74) is 2.34. The van der Waals surface area contributed by atoms with Gasteiger partial charge in [0.2, 0.25) is 11.8 Å². The Morgan fingerprint density at radius 3 is 2.55 bits per heavy atom. The molecule has 4 rings (SSSR count). The fourth-order valence-electron chi connectivity index (χ4n) is 5.32. The monoisotopic (exact) mass is 470 g/mol. The first-order valence-electron chi connectivity index (χ1n) is 12.6. The SMILES string of the molecule is CN[C@@H](C)C(=O)N[C@H](C(=O)N1CCC[C@@H]1c1nc2c(C(C)C)cccc2s1)C1CCCCC1. The van der Waals surface area contributed by atoms with Gasteiger partial charge in [-0.15, -0.1) is 11.3 Å². The molecule has 2 amide bonds. The molecule has 0 spiro atoms. The van der Waals surface area contributed by atoms with Crippen LogP contribution >= 0.6 is 11.3 Å². The molecule has 2 aromatic rings. The van der Waals surface area contributed by atoms with E-state index in [2.05, 4.69) is 42.7 Å². The van der Waals surface area contributed by atoms with E-state index in [-0.39, 0.29) is 29.8 Å². The molecule has 1 saturated heterocycles. The number of aromatic nitrogens is 1. The Balaban J connectivity index is 1.61. The maximum absolute atomic E-state index is 13.9. The predicted molar refractivity (Wildman–Crippen MR) is 134 cm³/mol. The lowest BCUT2D eigenvalue weighted by atomic mass is 9.83. The van der Waals surface area contributed by atoms with Crippen LogP contribution in [0.5, 0.6) is 0 Å². The second-order valence-electron chi connectivity index (χ2n) is 9.99. The molecule has 6 nitrogen and oxygen atoms in total. The zero-order valence-corrected chi connectivity index (χ0v) is 21.2. The molecule has 1 saturated carbocycles. The Morgan fingerprint density at radius 2 is 1.85 bits per heavy atom. The van der Waals surface area contributed by atoms with E-state index in [9.17, 15) is 9.59 Å². The number of likely N-dealkylation sites (N-methyl/N-ethyl adjacent to an activating group) is 1. The van der Waals surface area contributed by atoms with Crippen LogP contribution < -0.4 is 10.6 Å². The number of carbonyl (C=O) groups is 2. The van der Waals surface area contributed by atoms with Gasteiger partial charge in [-0.1, -0.05) is 45.2 Å². The predicted octanol–water partition coefficient (Wildman–Crippen LogP) is 4.76. The minimum Gasteiger partial charge on any atom is -0.343 e. The third-order valence-electron chi connectivity index (χ3n) is 7.42. The van der Waals surface area contributed by atoms with Crippen LogP contribution in [-0.4, -0.2) is 47.4 Å². The Labute approximate surface area is 201 Å². The minimum absolute atomic E-state index is 0.000344. The molecule has 1 aliphatic carbocycles. The van der Waals surface area contributed by atoms with Crippen LogP contribution in [-0.2, 0) is 9.59 Å². The van der Waals surface area contributed by atoms with Crippen LogP contribution in [0.25, 0.3) is 10.2 Å². The fourth-order valence-corrected chi connectivity index (χ4v) is 6.47. The van der Waals surface area contributed by atoms with Gasteiger partial charge in [0.05, 0.1) is 22.3 Å². The van der Waals surface area contributed by atoms with Gasteiger partial charge in [-0.05, 0) is 63.1 Å². The lowest BCUT2D eigenvalue weighted by Gasteiger charge is -2.35. The van der Waals surface area contributed by atoms with Crippen molar-refractivity contribution in [2.45, 2.75) is 89.8 Å². The molecule has 33 heavy (non-hydrogen) atoms. The summed E-state index contributed by atoms with van der Waals surface area (Å²) in [6.07, 6.45) is 7.39. The van der Waals surface area contributed by atoms with Crippen LogP contribution in [0, 0.1) is 5.92 Å². The summed E-state index contributed by atoms with van der Waals surface area (Å²) < 4.78 is 1.19. The Hall–Kier alpha value is -1.99. The number of para-hydroxylation sites is 1. The maximum atomic E-state index is 13.9. The number of hydrogen-bond donors (Lipinski definition) is 2. The van der Waals surface area contributed by atoms with Crippen molar-refractivity contribution in [2.24, 2.45) is 5.92 Å². The highest BCUT2D eigenvalue weighted by atomic mass is 32.1. The molecule has 1 aliphatic heterocycles. The molecule has 180 valence electrons. The number of benzene rings is 1. The molecule has 2 fully saturated rings. The van der Waals surface area contributed by atoms with E-state index in [0.717, 1.165) is 55.6 Å². The summed E-state index contributed by atoms with van der Waals surface area (Å²) in [5.74, 6) is 0.594. The van der Waals surface area contributed by atoms with Gasteiger partial charge < -0.3 is 15.5 Å². The zero-order chi connectivity index (χ0) is 23.5. The summed E-state index contributed by atoms with van der Waals surface area (Å²) in [7, 11) is 1.77. The average Bonchev–Trinajstić information content (AvgIpc) is 3.48. The molecule has 0 bridgehead atoms. The molecule has 3 atom stereocenters. The van der Waals surface area contributed by atoms with Gasteiger partial charge >= 0.3 is 0 Å². The van der Waals surface area contributed by atoms with Crippen molar-refractivity contribution >= 4 is 33.4 Å². The number of hydrogen-bond acceptors (Lipinski definition) is 5. The van der Waals surface area contributed by atoms with Crippen molar-refractivity contribution in [3.05, 3.63) is 28.8 Å². The summed E-state index contributed by atoms with van der Waals surface area (Å²) in [6, 6.07) is 5.63. The first-order valence-corrected chi connectivity index (χ1v) is 13.4. The van der Waals surface area contributed by atoms with Gasteiger partial charge in [0.1, 0.15) is 11.0 Å². The molecule has 2 heterocycles. The number of amides is 2. The molecule has 1 aromatic carbocycles. The van der Waals surface area contributed by atoms with Gasteiger partial charge in [-0.3, -0.25) is 9.59 Å². The van der Waals surface area contributed by atoms with E-state index in [1.54, 1.807) is 18.4 Å². The average molecular weight is 471 g/mol. The van der Waals surface area contributed by atoms with Gasteiger partial charge in [0.25, 0.3) is 0 Å². The first-order chi connectivity index (χ1) is 15.9. The lowest BCUT2D eigenvalue weighted by Crippen LogP contribution is -2.55. The second kappa shape index (κ2) is 10.5. The Bertz CT molecular complexity index is 982. The van der Waals surface area contributed by atoms with Crippen molar-refractivity contribution in [1.82, 2.24) is 20.5 Å². The van der Waals surface area contributed by atoms with Gasteiger partial charge in [0, 0.05) is 6.54 Å². The topological polar surface area (TPSA) is 74.3 Å². The van der Waals surface area contributed by atoms with Crippen LogP contribution in [0.2, 0.25) is 0 Å². The third kappa shape index (κ3) is 5.09. The Kier molecular flexibility index (Phi) is 7.69. The first kappa shape index (κ1) is 24.1. The molecule has 2 aliphatic rings. The number of thiazole rings is 1. The summed E-state index contributed by atoms with van der Waals surface area (Å²) >= 11 is 1.71. The van der Waals surface area contributed by atoms with E-state index >= 15 is 0 Å². The van der Waals surface area contributed by atoms with Crippen molar-refractivity contribution in [2.75, 3.05) is 13.6 Å². The summed E-state index contributed by atoms with van der Waals surface area (Å²) in [6.45, 7) is 6.96. The number of likely N-dealkylation sites (tertiary alicyclic amines) is 1. The fraction of sp³-hybridized carbons (Fsp3) is 0.654. The third-order valence-corrected chi connectivity index (χ3v) is 8.54. The molecular formula is C26H38N4O2S. The normalized spacial score (nSPS) is 21.5. The molecular weight excluding hydrogens is 432 g/mol. The highest BCUT2D eigenvalue weighted by Crippen LogP contribution is 2.39. The summed E-state index contributed by atoms with van der Waals surface area (Å²) in [5, 5.41) is 7.16. The summed E-state index contributed by atoms with van der Waals surface area (Å²) in [4.78, 5) is 33.8. The van der Waals surface area contributed by atoms with E-state index < -0.39 is 6.04 Å². The molecule has 2 N–H and O–H groups in total. The van der Waals surface area contributed by atoms with Crippen molar-refractivity contribution < 1.29 is 9.59 Å². The van der Waals surface area contributed by atoms with Gasteiger partial charge in [-0.25, -0.2) is 4.98 Å². The number of rotatable bonds is 7. The minimum atomic E-state index is -0.449. The van der Waals surface area contributed by atoms with Crippen LogP contribution in [0.4, 0.5) is 0 Å². The van der Waals surface area contributed by atoms with Crippen molar-refractivity contribution in [3.63, 3.8) is 0 Å². The number of carbonyl (C=O) groups excluding carboxylic acids is 2. The smallest absolute Gasteiger partial charge is 0.246 e. The molecule has 7 heteroatoms. The highest BCUT2D eigenvalue weighted by Gasteiger charge is 2.40. The number of fused-ring (bicyclic) bond motifs is 1. The molecule has 1 aromatic heterocycles. The van der Waals surface area contributed by atoms with Crippen LogP contribution in [0.3, 0.4) is 0 Å². The van der Waals surface area contributed by atoms with E-state index in [4.69, 9.17) is 4.98 Å². The maximum Gasteiger partial charge on any atom is 0.246 e. The van der Waals surface area contributed by atoms with Crippen molar-refractivity contribution in [1.29, 1.82) is 0 Å². The largest absolute Gasteiger partial charge is 0.343 e. The quantitative estimate of drug-likeness (QED) is 0.612. The van der Waals surface area contributed by atoms with E-state index in [0.29, 0.717) is 5.92 Å². The van der Waals surface area contributed by atoms with E-state index in [1.807, 2.05) is 11.8 Å². The molecule has 0 radical (unpaired) electrons.